The summed E-state index contributed by atoms with van der Waals surface area (Å²) < 4.78 is 5.71. The van der Waals surface area contributed by atoms with E-state index in [1.807, 2.05) is 0 Å². The van der Waals surface area contributed by atoms with E-state index in [2.05, 4.69) is 26.1 Å². The van der Waals surface area contributed by atoms with Gasteiger partial charge in [0.25, 0.3) is 0 Å². The number of ether oxygens (including phenoxy) is 1. The third kappa shape index (κ3) is 3.71. The van der Waals surface area contributed by atoms with Crippen molar-refractivity contribution in [2.45, 2.75) is 71.4 Å². The second-order valence-electron chi connectivity index (χ2n) is 6.88. The van der Waals surface area contributed by atoms with Crippen LogP contribution in [0.1, 0.15) is 59.3 Å². The van der Waals surface area contributed by atoms with Gasteiger partial charge in [-0.2, -0.15) is 0 Å². The molecule has 1 saturated heterocycles. The van der Waals surface area contributed by atoms with Crippen LogP contribution in [0.25, 0.3) is 0 Å². The number of hydrogen-bond acceptors (Lipinski definition) is 3. The number of esters is 1. The van der Waals surface area contributed by atoms with Gasteiger partial charge in [0.1, 0.15) is 6.10 Å². The minimum atomic E-state index is 0.0491. The van der Waals surface area contributed by atoms with Crippen molar-refractivity contribution in [1.29, 1.82) is 0 Å². The average molecular weight is 253 g/mol. The topological polar surface area (TPSA) is 38.3 Å². The van der Waals surface area contributed by atoms with Crippen LogP contribution in [0.5, 0.6) is 0 Å². The van der Waals surface area contributed by atoms with E-state index in [0.717, 1.165) is 32.2 Å². The Labute approximate surface area is 111 Å². The number of nitrogens with one attached hydrogen (secondary N) is 1. The third-order valence-electron chi connectivity index (χ3n) is 4.53. The molecule has 0 aromatic heterocycles. The van der Waals surface area contributed by atoms with Crippen molar-refractivity contribution in [3.8, 4) is 0 Å². The summed E-state index contributed by atoms with van der Waals surface area (Å²) in [5, 5.41) is 3.37. The first-order valence-electron chi connectivity index (χ1n) is 7.40. The molecule has 0 amide bonds. The molecule has 3 nitrogen and oxygen atoms in total. The van der Waals surface area contributed by atoms with Crippen molar-refractivity contribution >= 4 is 5.97 Å². The molecule has 1 aliphatic carbocycles. The Morgan fingerprint density at radius 3 is 2.50 bits per heavy atom. The molecule has 1 aliphatic heterocycles. The first-order chi connectivity index (χ1) is 8.46. The van der Waals surface area contributed by atoms with Crippen LogP contribution >= 0.6 is 0 Å². The molecule has 2 aliphatic rings. The fourth-order valence-electron chi connectivity index (χ4n) is 3.10. The fourth-order valence-corrected chi connectivity index (χ4v) is 3.10. The van der Waals surface area contributed by atoms with E-state index in [4.69, 9.17) is 4.74 Å². The predicted octanol–water partition coefficient (Wildman–Crippen LogP) is 2.89. The molecule has 3 heteroatoms. The van der Waals surface area contributed by atoms with Crippen molar-refractivity contribution in [2.24, 2.45) is 11.3 Å². The van der Waals surface area contributed by atoms with E-state index >= 15 is 0 Å². The zero-order valence-electron chi connectivity index (χ0n) is 12.0. The number of rotatable bonds is 2. The van der Waals surface area contributed by atoms with Crippen LogP contribution in [-0.4, -0.2) is 24.7 Å². The summed E-state index contributed by atoms with van der Waals surface area (Å²) in [5.74, 6) is 0.171. The Morgan fingerprint density at radius 2 is 1.89 bits per heavy atom. The molecular formula is C15H27NO2. The van der Waals surface area contributed by atoms with Crippen LogP contribution in [0.3, 0.4) is 0 Å². The molecule has 1 heterocycles. The van der Waals surface area contributed by atoms with E-state index in [1.165, 1.54) is 12.8 Å². The van der Waals surface area contributed by atoms with Crippen molar-refractivity contribution in [2.75, 3.05) is 6.54 Å². The van der Waals surface area contributed by atoms with E-state index in [0.29, 0.717) is 11.5 Å². The van der Waals surface area contributed by atoms with Gasteiger partial charge in [-0.1, -0.05) is 13.8 Å². The summed E-state index contributed by atoms with van der Waals surface area (Å²) in [6.45, 7) is 7.69. The molecule has 2 unspecified atom stereocenters. The molecule has 0 spiro atoms. The smallest absolute Gasteiger partial charge is 0.309 e. The lowest BCUT2D eigenvalue weighted by atomic mass is 9.76. The highest BCUT2D eigenvalue weighted by Gasteiger charge is 2.32. The summed E-state index contributed by atoms with van der Waals surface area (Å²) in [5.41, 5.74) is 0.437. The SMILES string of the molecule is CC1CC(C(=O)OC2CCC(C)(C)CC2)CCN1. The highest BCUT2D eigenvalue weighted by molar-refractivity contribution is 5.72. The van der Waals surface area contributed by atoms with Crippen LogP contribution in [0, 0.1) is 11.3 Å². The van der Waals surface area contributed by atoms with Crippen LogP contribution in [-0.2, 0) is 9.53 Å². The molecule has 0 aromatic rings. The van der Waals surface area contributed by atoms with Gasteiger partial charge < -0.3 is 10.1 Å². The molecule has 0 bridgehead atoms. The van der Waals surface area contributed by atoms with E-state index < -0.39 is 0 Å². The minimum Gasteiger partial charge on any atom is -0.462 e. The third-order valence-corrected chi connectivity index (χ3v) is 4.53. The summed E-state index contributed by atoms with van der Waals surface area (Å²) in [7, 11) is 0. The highest BCUT2D eigenvalue weighted by atomic mass is 16.5. The largest absolute Gasteiger partial charge is 0.462 e. The number of carbonyl (C=O) groups excluding carboxylic acids is 1. The maximum atomic E-state index is 12.1. The molecule has 2 atom stereocenters. The van der Waals surface area contributed by atoms with E-state index in [1.54, 1.807) is 0 Å². The number of carbonyl (C=O) groups is 1. The Kier molecular flexibility index (Phi) is 4.31. The monoisotopic (exact) mass is 253 g/mol. The normalized spacial score (nSPS) is 33.1. The minimum absolute atomic E-state index is 0.0491. The molecule has 2 fully saturated rings. The summed E-state index contributed by atoms with van der Waals surface area (Å²) >= 11 is 0. The van der Waals surface area contributed by atoms with E-state index in [9.17, 15) is 4.79 Å². The summed E-state index contributed by atoms with van der Waals surface area (Å²) in [4.78, 5) is 12.1. The zero-order valence-corrected chi connectivity index (χ0v) is 12.0. The highest BCUT2D eigenvalue weighted by Crippen LogP contribution is 2.36. The fraction of sp³-hybridized carbons (Fsp3) is 0.933. The number of hydrogen-bond donors (Lipinski definition) is 1. The molecule has 104 valence electrons. The average Bonchev–Trinajstić information content (AvgIpc) is 2.32. The lowest BCUT2D eigenvalue weighted by Crippen LogP contribution is -2.40. The van der Waals surface area contributed by atoms with Crippen LogP contribution in [0.2, 0.25) is 0 Å². The van der Waals surface area contributed by atoms with Crippen molar-refractivity contribution in [3.05, 3.63) is 0 Å². The van der Waals surface area contributed by atoms with Gasteiger partial charge in [0.2, 0.25) is 0 Å². The van der Waals surface area contributed by atoms with Crippen molar-refractivity contribution in [1.82, 2.24) is 5.32 Å². The van der Waals surface area contributed by atoms with Crippen LogP contribution in [0.15, 0.2) is 0 Å². The maximum Gasteiger partial charge on any atom is 0.309 e. The van der Waals surface area contributed by atoms with Crippen LogP contribution < -0.4 is 5.32 Å². The Hall–Kier alpha value is -0.570. The quantitative estimate of drug-likeness (QED) is 0.769. The first kappa shape index (κ1) is 13.9. The zero-order chi connectivity index (χ0) is 13.2. The molecule has 0 aromatic carbocycles. The van der Waals surface area contributed by atoms with Gasteiger partial charge in [-0.05, 0) is 57.4 Å². The Bertz CT molecular complexity index is 291. The second kappa shape index (κ2) is 5.60. The molecule has 2 rings (SSSR count). The van der Waals surface area contributed by atoms with Crippen molar-refractivity contribution in [3.63, 3.8) is 0 Å². The lowest BCUT2D eigenvalue weighted by molar-refractivity contribution is -0.157. The second-order valence-corrected chi connectivity index (χ2v) is 6.88. The van der Waals surface area contributed by atoms with Crippen molar-refractivity contribution < 1.29 is 9.53 Å². The van der Waals surface area contributed by atoms with Gasteiger partial charge >= 0.3 is 5.97 Å². The van der Waals surface area contributed by atoms with Gasteiger partial charge in [-0.15, -0.1) is 0 Å². The van der Waals surface area contributed by atoms with Gasteiger partial charge in [-0.25, -0.2) is 0 Å². The summed E-state index contributed by atoms with van der Waals surface area (Å²) in [6.07, 6.45) is 6.47. The lowest BCUT2D eigenvalue weighted by Gasteiger charge is -2.35. The van der Waals surface area contributed by atoms with Gasteiger partial charge in [0.15, 0.2) is 0 Å². The van der Waals surface area contributed by atoms with Gasteiger partial charge in [-0.3, -0.25) is 4.79 Å². The Morgan fingerprint density at radius 1 is 1.22 bits per heavy atom. The molecular weight excluding hydrogens is 226 g/mol. The maximum absolute atomic E-state index is 12.1. The first-order valence-corrected chi connectivity index (χ1v) is 7.40. The molecule has 18 heavy (non-hydrogen) atoms. The Balaban J connectivity index is 1.77. The molecule has 1 saturated carbocycles. The predicted molar refractivity (Wildman–Crippen MR) is 72.3 cm³/mol. The van der Waals surface area contributed by atoms with Gasteiger partial charge in [0, 0.05) is 6.04 Å². The molecule has 1 N–H and O–H groups in total. The van der Waals surface area contributed by atoms with Gasteiger partial charge in [0.05, 0.1) is 5.92 Å². The van der Waals surface area contributed by atoms with E-state index in [-0.39, 0.29) is 18.0 Å². The summed E-state index contributed by atoms with van der Waals surface area (Å²) in [6, 6.07) is 0.446. The molecule has 0 radical (unpaired) electrons. The standard InChI is InChI=1S/C15H27NO2/c1-11-10-12(6-9-16-11)14(17)18-13-4-7-15(2,3)8-5-13/h11-13,16H,4-10H2,1-3H3. The number of piperidine rings is 1. The van der Waals surface area contributed by atoms with Crippen LogP contribution in [0.4, 0.5) is 0 Å².